The summed E-state index contributed by atoms with van der Waals surface area (Å²) in [4.78, 5) is 6.60. The number of rotatable bonds is 3. The average molecular weight is 387 g/mol. The van der Waals surface area contributed by atoms with Crippen LogP contribution in [0.5, 0.6) is 0 Å². The highest BCUT2D eigenvalue weighted by Gasteiger charge is 2.13. The molecule has 0 aromatic heterocycles. The number of nitrogens with one attached hydrogen (secondary N) is 1. The van der Waals surface area contributed by atoms with Gasteiger partial charge in [0.25, 0.3) is 0 Å². The maximum atomic E-state index is 4.43. The first kappa shape index (κ1) is 17.3. The topological polar surface area (TPSA) is 27.6 Å². The summed E-state index contributed by atoms with van der Waals surface area (Å²) in [5, 5.41) is 3.40. The van der Waals surface area contributed by atoms with Gasteiger partial charge >= 0.3 is 0 Å². The summed E-state index contributed by atoms with van der Waals surface area (Å²) < 4.78 is 0. The van der Waals surface area contributed by atoms with Crippen LogP contribution >= 0.6 is 24.0 Å². The fourth-order valence-electron chi connectivity index (χ4n) is 2.21. The van der Waals surface area contributed by atoms with E-state index in [9.17, 15) is 0 Å². The van der Waals surface area contributed by atoms with Crippen molar-refractivity contribution in [3.63, 3.8) is 0 Å². The Kier molecular flexibility index (Phi) is 6.30. The maximum absolute atomic E-state index is 4.43. The highest BCUT2D eigenvalue weighted by molar-refractivity contribution is 14.0. The molecule has 0 saturated carbocycles. The Balaban J connectivity index is 0.00000200. The quantitative estimate of drug-likeness (QED) is 0.808. The second-order valence-corrected chi connectivity index (χ2v) is 6.25. The molecular weight excluding hydrogens is 361 g/mol. The summed E-state index contributed by atoms with van der Waals surface area (Å²) in [7, 11) is 2.08. The lowest BCUT2D eigenvalue weighted by atomic mass is 9.86. The Bertz CT molecular complexity index is 446. The maximum Gasteiger partial charge on any atom is 0.193 e. The Labute approximate surface area is 139 Å². The van der Waals surface area contributed by atoms with Gasteiger partial charge in [-0.05, 0) is 23.0 Å². The molecule has 0 amide bonds. The molecule has 0 spiro atoms. The highest BCUT2D eigenvalue weighted by Crippen LogP contribution is 2.22. The molecule has 1 N–H and O–H groups in total. The van der Waals surface area contributed by atoms with Crippen molar-refractivity contribution >= 4 is 29.9 Å². The van der Waals surface area contributed by atoms with E-state index in [4.69, 9.17) is 0 Å². The minimum atomic E-state index is 0. The molecular formula is C16H26IN3. The molecule has 3 nitrogen and oxygen atoms in total. The summed E-state index contributed by atoms with van der Waals surface area (Å²) >= 11 is 0. The van der Waals surface area contributed by atoms with Crippen molar-refractivity contribution in [1.29, 1.82) is 0 Å². The van der Waals surface area contributed by atoms with Crippen LogP contribution in [-0.2, 0) is 11.8 Å². The van der Waals surface area contributed by atoms with Gasteiger partial charge in [0.15, 0.2) is 5.96 Å². The molecule has 0 unspecified atom stereocenters. The van der Waals surface area contributed by atoms with Crippen LogP contribution < -0.4 is 5.32 Å². The number of nitrogens with zero attached hydrogens (tertiary/aromatic N) is 2. The van der Waals surface area contributed by atoms with Crippen LogP contribution in [0.3, 0.4) is 0 Å². The van der Waals surface area contributed by atoms with Crippen molar-refractivity contribution in [2.24, 2.45) is 4.99 Å². The first-order valence-electron chi connectivity index (χ1n) is 7.06. The number of guanidine groups is 1. The number of likely N-dealkylation sites (N-methyl/N-ethyl adjacent to an activating group) is 1. The van der Waals surface area contributed by atoms with Gasteiger partial charge in [0.1, 0.15) is 0 Å². The highest BCUT2D eigenvalue weighted by atomic mass is 127. The number of hydrogen-bond donors (Lipinski definition) is 1. The lowest BCUT2D eigenvalue weighted by Crippen LogP contribution is -2.36. The second kappa shape index (κ2) is 7.29. The van der Waals surface area contributed by atoms with Gasteiger partial charge in [-0.2, -0.15) is 0 Å². The molecule has 0 fully saturated rings. The van der Waals surface area contributed by atoms with E-state index >= 15 is 0 Å². The minimum absolute atomic E-state index is 0. The summed E-state index contributed by atoms with van der Waals surface area (Å²) in [6.45, 7) is 9.63. The van der Waals surface area contributed by atoms with Gasteiger partial charge in [-0.25, -0.2) is 0 Å². The zero-order chi connectivity index (χ0) is 13.9. The van der Waals surface area contributed by atoms with Crippen LogP contribution in [0.4, 0.5) is 0 Å². The Morgan fingerprint density at radius 2 is 1.85 bits per heavy atom. The van der Waals surface area contributed by atoms with E-state index < -0.39 is 0 Å². The fraction of sp³-hybridized carbons (Fsp3) is 0.562. The van der Waals surface area contributed by atoms with Crippen LogP contribution in [0.2, 0.25) is 0 Å². The predicted octanol–water partition coefficient (Wildman–Crippen LogP) is 3.04. The van der Waals surface area contributed by atoms with Gasteiger partial charge in [0, 0.05) is 20.1 Å². The molecule has 112 valence electrons. The molecule has 1 aromatic rings. The van der Waals surface area contributed by atoms with Gasteiger partial charge in [-0.15, -0.1) is 24.0 Å². The first-order valence-corrected chi connectivity index (χ1v) is 7.06. The van der Waals surface area contributed by atoms with E-state index in [1.54, 1.807) is 0 Å². The van der Waals surface area contributed by atoms with E-state index in [2.05, 4.69) is 67.3 Å². The molecule has 1 aliphatic rings. The van der Waals surface area contributed by atoms with E-state index in [0.29, 0.717) is 0 Å². The molecule has 2 rings (SSSR count). The first-order chi connectivity index (χ1) is 8.97. The molecule has 0 bridgehead atoms. The third kappa shape index (κ3) is 4.65. The lowest BCUT2D eigenvalue weighted by molar-refractivity contribution is 0.534. The second-order valence-electron chi connectivity index (χ2n) is 6.25. The van der Waals surface area contributed by atoms with Crippen LogP contribution in [0, 0.1) is 0 Å². The van der Waals surface area contributed by atoms with Gasteiger partial charge in [0.05, 0.1) is 6.54 Å². The molecule has 0 aliphatic carbocycles. The molecule has 4 heteroatoms. The van der Waals surface area contributed by atoms with E-state index in [0.717, 1.165) is 32.0 Å². The van der Waals surface area contributed by atoms with Crippen LogP contribution in [-0.4, -0.2) is 37.5 Å². The summed E-state index contributed by atoms with van der Waals surface area (Å²) in [6, 6.07) is 8.97. The lowest BCUT2D eigenvalue weighted by Gasteiger charge is -2.19. The summed E-state index contributed by atoms with van der Waals surface area (Å²) in [5.74, 6) is 1.03. The number of hydrogen-bond acceptors (Lipinski definition) is 3. The third-order valence-corrected chi connectivity index (χ3v) is 3.58. The smallest absolute Gasteiger partial charge is 0.193 e. The van der Waals surface area contributed by atoms with Crippen LogP contribution in [0.15, 0.2) is 29.3 Å². The molecule has 0 atom stereocenters. The Morgan fingerprint density at radius 1 is 1.20 bits per heavy atom. The van der Waals surface area contributed by atoms with Gasteiger partial charge in [0.2, 0.25) is 0 Å². The van der Waals surface area contributed by atoms with Gasteiger partial charge in [-0.3, -0.25) is 4.99 Å². The Hall–Kier alpha value is -0.780. The third-order valence-electron chi connectivity index (χ3n) is 3.58. The SMILES string of the molecule is CN1CCN=C1NCCc1ccc(C(C)(C)C)cc1.I. The molecule has 20 heavy (non-hydrogen) atoms. The normalized spacial score (nSPS) is 14.8. The van der Waals surface area contributed by atoms with Crippen molar-refractivity contribution in [2.45, 2.75) is 32.6 Å². The molecule has 1 aliphatic heterocycles. The van der Waals surface area contributed by atoms with Crippen molar-refractivity contribution in [1.82, 2.24) is 10.2 Å². The summed E-state index contributed by atoms with van der Waals surface area (Å²) in [5.41, 5.74) is 3.00. The molecule has 0 radical (unpaired) electrons. The predicted molar refractivity (Wildman–Crippen MR) is 97.2 cm³/mol. The van der Waals surface area contributed by atoms with Crippen molar-refractivity contribution < 1.29 is 0 Å². The number of aliphatic imine (C=N–C) groups is 1. The average Bonchev–Trinajstić information content (AvgIpc) is 2.75. The van der Waals surface area contributed by atoms with Gasteiger partial charge < -0.3 is 10.2 Å². The van der Waals surface area contributed by atoms with Crippen molar-refractivity contribution in [3.05, 3.63) is 35.4 Å². The van der Waals surface area contributed by atoms with Crippen LogP contribution in [0.1, 0.15) is 31.9 Å². The number of halogens is 1. The molecule has 0 saturated heterocycles. The van der Waals surface area contributed by atoms with E-state index in [-0.39, 0.29) is 29.4 Å². The molecule has 1 aromatic carbocycles. The van der Waals surface area contributed by atoms with E-state index in [1.165, 1.54) is 11.1 Å². The van der Waals surface area contributed by atoms with Crippen molar-refractivity contribution in [2.75, 3.05) is 26.7 Å². The van der Waals surface area contributed by atoms with Crippen molar-refractivity contribution in [3.8, 4) is 0 Å². The monoisotopic (exact) mass is 387 g/mol. The largest absolute Gasteiger partial charge is 0.356 e. The standard InChI is InChI=1S/C16H25N3.HI/c1-16(2,3)14-7-5-13(6-8-14)9-10-17-15-18-11-12-19(15)4;/h5-8H,9-12H2,1-4H3,(H,17,18);1H. The zero-order valence-corrected chi connectivity index (χ0v) is 15.3. The van der Waals surface area contributed by atoms with Crippen LogP contribution in [0.25, 0.3) is 0 Å². The van der Waals surface area contributed by atoms with Gasteiger partial charge in [-0.1, -0.05) is 45.0 Å². The molecule has 1 heterocycles. The Morgan fingerprint density at radius 3 is 2.35 bits per heavy atom. The minimum Gasteiger partial charge on any atom is -0.356 e. The van der Waals surface area contributed by atoms with E-state index in [1.807, 2.05) is 0 Å². The fourth-order valence-corrected chi connectivity index (χ4v) is 2.21. The number of benzene rings is 1. The summed E-state index contributed by atoms with van der Waals surface area (Å²) in [6.07, 6.45) is 1.04. The zero-order valence-electron chi connectivity index (χ0n) is 12.9.